The van der Waals surface area contributed by atoms with Crippen molar-refractivity contribution >= 4 is 23.2 Å². The summed E-state index contributed by atoms with van der Waals surface area (Å²) in [6, 6.07) is 16.3. The van der Waals surface area contributed by atoms with Crippen LogP contribution >= 0.6 is 11.3 Å². The van der Waals surface area contributed by atoms with Crippen molar-refractivity contribution in [2.24, 2.45) is 0 Å². The van der Waals surface area contributed by atoms with E-state index in [4.69, 9.17) is 0 Å². The van der Waals surface area contributed by atoms with E-state index in [0.29, 0.717) is 24.1 Å². The second kappa shape index (κ2) is 11.5. The van der Waals surface area contributed by atoms with Crippen molar-refractivity contribution in [3.63, 3.8) is 0 Å². The molecule has 2 aliphatic heterocycles. The minimum Gasteiger partial charge on any atom is -0.389 e. The van der Waals surface area contributed by atoms with Crippen molar-refractivity contribution in [3.8, 4) is 0 Å². The fourth-order valence-corrected chi connectivity index (χ4v) is 6.35. The van der Waals surface area contributed by atoms with E-state index in [2.05, 4.69) is 15.6 Å². The molecule has 3 heterocycles. The van der Waals surface area contributed by atoms with Crippen LogP contribution in [0, 0.1) is 6.92 Å². The molecule has 5 rings (SSSR count). The van der Waals surface area contributed by atoms with Crippen molar-refractivity contribution in [1.82, 2.24) is 20.5 Å². The Bertz CT molecular complexity index is 1220. The number of aliphatic hydroxyl groups excluding tert-OH is 1. The first-order valence-electron chi connectivity index (χ1n) is 13.1. The minimum absolute atomic E-state index is 0.0204. The van der Waals surface area contributed by atoms with Crippen molar-refractivity contribution in [3.05, 3.63) is 87.4 Å². The first-order valence-corrected chi connectivity index (χ1v) is 14.0. The highest BCUT2D eigenvalue weighted by Crippen LogP contribution is 2.34. The van der Waals surface area contributed by atoms with Gasteiger partial charge in [-0.05, 0) is 69.3 Å². The molecule has 2 saturated heterocycles. The molecule has 0 aliphatic carbocycles. The molecule has 4 atom stereocenters. The van der Waals surface area contributed by atoms with Crippen molar-refractivity contribution in [1.29, 1.82) is 0 Å². The van der Waals surface area contributed by atoms with Gasteiger partial charge in [0.05, 0.1) is 18.2 Å². The van der Waals surface area contributed by atoms with E-state index >= 15 is 0 Å². The summed E-state index contributed by atoms with van der Waals surface area (Å²) in [5, 5.41) is 20.6. The molecule has 2 aromatic carbocycles. The normalized spacial score (nSPS) is 21.1. The van der Waals surface area contributed by atoms with E-state index in [1.54, 1.807) is 35.6 Å². The van der Waals surface area contributed by atoms with Gasteiger partial charge in [-0.25, -0.2) is 4.98 Å². The number of nitrogens with zero attached hydrogens (tertiary/aromatic N) is 2. The summed E-state index contributed by atoms with van der Waals surface area (Å²) >= 11 is 1.59. The molecule has 3 N–H and O–H groups in total. The molecule has 0 bridgehead atoms. The predicted molar refractivity (Wildman–Crippen MR) is 145 cm³/mol. The summed E-state index contributed by atoms with van der Waals surface area (Å²) in [7, 11) is 0. The number of aryl methyl sites for hydroxylation is 1. The summed E-state index contributed by atoms with van der Waals surface area (Å²) in [6.07, 6.45) is 3.52. The second-order valence-corrected chi connectivity index (χ2v) is 10.9. The first kappa shape index (κ1) is 25.6. The maximum atomic E-state index is 13.5. The zero-order valence-corrected chi connectivity index (χ0v) is 21.9. The van der Waals surface area contributed by atoms with Crippen molar-refractivity contribution in [2.45, 2.75) is 63.3 Å². The molecule has 37 heavy (non-hydrogen) atoms. The largest absolute Gasteiger partial charge is 0.389 e. The molecule has 2 amide bonds. The third kappa shape index (κ3) is 5.92. The molecule has 8 heteroatoms. The Morgan fingerprint density at radius 1 is 1.14 bits per heavy atom. The van der Waals surface area contributed by atoms with Crippen LogP contribution in [0.3, 0.4) is 0 Å². The highest BCUT2D eigenvalue weighted by atomic mass is 32.1. The molecular formula is C29H34N4O3S. The van der Waals surface area contributed by atoms with Crippen molar-refractivity contribution in [2.75, 3.05) is 13.1 Å². The number of thiazole rings is 1. The van der Waals surface area contributed by atoms with Crippen LogP contribution in [0.15, 0.2) is 60.0 Å². The van der Waals surface area contributed by atoms with Gasteiger partial charge in [0.25, 0.3) is 11.8 Å². The number of aliphatic hydroxyl groups is 1. The van der Waals surface area contributed by atoms with Gasteiger partial charge in [-0.15, -0.1) is 11.3 Å². The van der Waals surface area contributed by atoms with Crippen LogP contribution in [-0.4, -0.2) is 58.1 Å². The van der Waals surface area contributed by atoms with E-state index < -0.39 is 12.1 Å². The van der Waals surface area contributed by atoms with E-state index in [1.807, 2.05) is 47.5 Å². The van der Waals surface area contributed by atoms with Gasteiger partial charge in [-0.1, -0.05) is 36.4 Å². The molecule has 2 fully saturated rings. The lowest BCUT2D eigenvalue weighted by molar-refractivity contribution is 0.0733. The van der Waals surface area contributed by atoms with Crippen LogP contribution in [0.4, 0.5) is 0 Å². The first-order chi connectivity index (χ1) is 18.0. The molecular weight excluding hydrogens is 484 g/mol. The summed E-state index contributed by atoms with van der Waals surface area (Å²) in [4.78, 5) is 33.3. The van der Waals surface area contributed by atoms with Crippen LogP contribution in [0.25, 0.3) is 0 Å². The molecule has 194 valence electrons. The van der Waals surface area contributed by atoms with Crippen LogP contribution in [0.5, 0.6) is 0 Å². The van der Waals surface area contributed by atoms with E-state index in [9.17, 15) is 14.7 Å². The average Bonchev–Trinajstić information content (AvgIpc) is 3.70. The number of nitrogens with one attached hydrogen (secondary N) is 2. The Hall–Kier alpha value is -3.07. The minimum atomic E-state index is -0.719. The van der Waals surface area contributed by atoms with Gasteiger partial charge in [0, 0.05) is 34.8 Å². The van der Waals surface area contributed by atoms with Gasteiger partial charge < -0.3 is 20.6 Å². The molecule has 1 aromatic heterocycles. The summed E-state index contributed by atoms with van der Waals surface area (Å²) < 4.78 is 0. The van der Waals surface area contributed by atoms with Gasteiger partial charge in [-0.2, -0.15) is 0 Å². The third-order valence-corrected chi connectivity index (χ3v) is 8.41. The number of benzene rings is 2. The molecule has 0 unspecified atom stereocenters. The molecule has 0 spiro atoms. The Labute approximate surface area is 221 Å². The SMILES string of the molecule is Cc1csc([C@H]2CCCN2C(=O)c2cccc(C(=O)N[C@H](Cc3ccccc3)[C@H](O)[C@@H]3CCCN3)c2)n1. The number of rotatable bonds is 8. The van der Waals surface area contributed by atoms with E-state index in [1.165, 1.54) is 0 Å². The molecule has 2 aliphatic rings. The van der Waals surface area contributed by atoms with E-state index in [0.717, 1.165) is 48.5 Å². The fraction of sp³-hybridized carbons (Fsp3) is 0.414. The Kier molecular flexibility index (Phi) is 7.98. The van der Waals surface area contributed by atoms with Crippen molar-refractivity contribution < 1.29 is 14.7 Å². The average molecular weight is 519 g/mol. The lowest BCUT2D eigenvalue weighted by atomic mass is 9.95. The summed E-state index contributed by atoms with van der Waals surface area (Å²) in [5.74, 6) is -0.373. The Morgan fingerprint density at radius 3 is 2.68 bits per heavy atom. The zero-order valence-electron chi connectivity index (χ0n) is 21.1. The molecule has 0 saturated carbocycles. The van der Waals surface area contributed by atoms with Gasteiger partial charge in [0.15, 0.2) is 0 Å². The monoisotopic (exact) mass is 518 g/mol. The quantitative estimate of drug-likeness (QED) is 0.421. The van der Waals surface area contributed by atoms with Crippen LogP contribution in [0.2, 0.25) is 0 Å². The lowest BCUT2D eigenvalue weighted by Crippen LogP contribution is -2.52. The van der Waals surface area contributed by atoms with Gasteiger partial charge >= 0.3 is 0 Å². The highest BCUT2D eigenvalue weighted by Gasteiger charge is 2.34. The maximum Gasteiger partial charge on any atom is 0.254 e. The second-order valence-electron chi connectivity index (χ2n) is 10.0. The third-order valence-electron chi connectivity index (χ3n) is 7.35. The smallest absolute Gasteiger partial charge is 0.254 e. The van der Waals surface area contributed by atoms with Gasteiger partial charge in [-0.3, -0.25) is 9.59 Å². The Balaban J connectivity index is 1.32. The number of hydrogen-bond acceptors (Lipinski definition) is 6. The number of carbonyl (C=O) groups is 2. The summed E-state index contributed by atoms with van der Waals surface area (Å²) in [5.41, 5.74) is 2.92. The standard InChI is InChI=1S/C29H34N4O3S/c1-19-18-37-28(31-19)25-13-7-15-33(25)29(36)22-11-5-10-21(17-22)27(35)32-24(16-20-8-3-2-4-9-20)26(34)23-12-6-14-30-23/h2-5,8-11,17-18,23-26,30,34H,6-7,12-16H2,1H3,(H,32,35)/t23-,24+,25+,26+/m0/s1. The molecule has 3 aromatic rings. The topological polar surface area (TPSA) is 94.6 Å². The van der Waals surface area contributed by atoms with Gasteiger partial charge in [0.1, 0.15) is 5.01 Å². The number of carbonyl (C=O) groups excluding carboxylic acids is 2. The fourth-order valence-electron chi connectivity index (χ4n) is 5.41. The van der Waals surface area contributed by atoms with Crippen LogP contribution in [0.1, 0.15) is 68.7 Å². The zero-order chi connectivity index (χ0) is 25.8. The number of likely N-dealkylation sites (tertiary alicyclic amines) is 1. The lowest BCUT2D eigenvalue weighted by Gasteiger charge is -2.29. The highest BCUT2D eigenvalue weighted by molar-refractivity contribution is 7.09. The number of aromatic nitrogens is 1. The van der Waals surface area contributed by atoms with Gasteiger partial charge in [0.2, 0.25) is 0 Å². The maximum absolute atomic E-state index is 13.5. The van der Waals surface area contributed by atoms with E-state index in [-0.39, 0.29) is 23.9 Å². The molecule has 0 radical (unpaired) electrons. The number of hydrogen-bond donors (Lipinski definition) is 3. The summed E-state index contributed by atoms with van der Waals surface area (Å²) in [6.45, 7) is 3.52. The Morgan fingerprint density at radius 2 is 1.95 bits per heavy atom. The number of amides is 2. The predicted octanol–water partition coefficient (Wildman–Crippen LogP) is 3.88. The molecule has 7 nitrogen and oxygen atoms in total. The van der Waals surface area contributed by atoms with Crippen LogP contribution < -0.4 is 10.6 Å². The van der Waals surface area contributed by atoms with Crippen LogP contribution in [-0.2, 0) is 6.42 Å².